The van der Waals surface area contributed by atoms with Crippen LogP contribution < -0.4 is 10.6 Å². The summed E-state index contributed by atoms with van der Waals surface area (Å²) in [5.74, 6) is 0.533. The summed E-state index contributed by atoms with van der Waals surface area (Å²) in [6.45, 7) is 4.10. The second kappa shape index (κ2) is 4.49. The monoisotopic (exact) mass is 207 g/mol. The number of piperidine rings is 1. The van der Waals surface area contributed by atoms with Crippen molar-refractivity contribution in [3.8, 4) is 0 Å². The van der Waals surface area contributed by atoms with Crippen LogP contribution in [-0.4, -0.2) is 30.0 Å². The van der Waals surface area contributed by atoms with Crippen molar-refractivity contribution in [3.05, 3.63) is 24.0 Å². The van der Waals surface area contributed by atoms with Crippen molar-refractivity contribution in [1.82, 2.24) is 15.6 Å². The molecule has 1 aromatic heterocycles. The van der Waals surface area contributed by atoms with Crippen molar-refractivity contribution in [1.29, 1.82) is 0 Å². The summed E-state index contributed by atoms with van der Waals surface area (Å²) in [7, 11) is 0. The molecule has 1 aromatic rings. The number of aromatic amines is 1. The van der Waals surface area contributed by atoms with Gasteiger partial charge >= 0.3 is 0 Å². The fraction of sp³-hybridized carbons (Fsp3) is 0.545. The molecule has 3 N–H and O–H groups in total. The van der Waals surface area contributed by atoms with Gasteiger partial charge in [0.05, 0.1) is 0 Å². The lowest BCUT2D eigenvalue weighted by Gasteiger charge is -2.30. The number of carbonyl (C=O) groups is 1. The van der Waals surface area contributed by atoms with Gasteiger partial charge in [-0.2, -0.15) is 0 Å². The summed E-state index contributed by atoms with van der Waals surface area (Å²) in [4.78, 5) is 14.7. The Hall–Kier alpha value is -1.29. The predicted octanol–water partition coefficient (Wildman–Crippen LogP) is 0.742. The molecule has 4 heteroatoms. The first-order valence-electron chi connectivity index (χ1n) is 5.42. The zero-order valence-electron chi connectivity index (χ0n) is 8.92. The number of rotatable bonds is 2. The van der Waals surface area contributed by atoms with Crippen LogP contribution in [-0.2, 0) is 0 Å². The zero-order valence-corrected chi connectivity index (χ0v) is 8.92. The van der Waals surface area contributed by atoms with Crippen LogP contribution in [0.15, 0.2) is 18.3 Å². The summed E-state index contributed by atoms with van der Waals surface area (Å²) in [5, 5.41) is 6.33. The third-order valence-corrected chi connectivity index (χ3v) is 2.99. The molecule has 2 heterocycles. The average molecular weight is 207 g/mol. The molecule has 82 valence electrons. The maximum absolute atomic E-state index is 11.7. The largest absolute Gasteiger partial charge is 0.357 e. The molecule has 2 atom stereocenters. The molecule has 1 fully saturated rings. The average Bonchev–Trinajstić information content (AvgIpc) is 2.74. The fourth-order valence-corrected chi connectivity index (χ4v) is 1.90. The maximum atomic E-state index is 11.7. The van der Waals surface area contributed by atoms with E-state index in [0.717, 1.165) is 19.5 Å². The second-order valence-corrected chi connectivity index (χ2v) is 4.13. The van der Waals surface area contributed by atoms with Gasteiger partial charge in [0, 0.05) is 18.8 Å². The van der Waals surface area contributed by atoms with Crippen LogP contribution >= 0.6 is 0 Å². The number of hydrogen-bond donors (Lipinski definition) is 3. The van der Waals surface area contributed by atoms with Gasteiger partial charge in [-0.15, -0.1) is 0 Å². The summed E-state index contributed by atoms with van der Waals surface area (Å²) in [6.07, 6.45) is 2.88. The van der Waals surface area contributed by atoms with Gasteiger partial charge in [-0.25, -0.2) is 0 Å². The van der Waals surface area contributed by atoms with E-state index in [9.17, 15) is 4.79 Å². The molecule has 1 aliphatic rings. The lowest BCUT2D eigenvalue weighted by molar-refractivity contribution is 0.0911. The third-order valence-electron chi connectivity index (χ3n) is 2.99. The number of H-pyrrole nitrogens is 1. The molecule has 2 unspecified atom stereocenters. The lowest BCUT2D eigenvalue weighted by Crippen LogP contribution is -2.50. The normalized spacial score (nSPS) is 26.2. The van der Waals surface area contributed by atoms with E-state index in [-0.39, 0.29) is 11.9 Å². The number of amides is 1. The van der Waals surface area contributed by atoms with Crippen LogP contribution in [0.5, 0.6) is 0 Å². The van der Waals surface area contributed by atoms with Gasteiger partial charge in [-0.1, -0.05) is 6.92 Å². The second-order valence-electron chi connectivity index (χ2n) is 4.13. The standard InChI is InChI=1S/C11H17N3O/c1-8-4-6-12-7-10(8)14-11(15)9-3-2-5-13-9/h2-3,5,8,10,12-13H,4,6-7H2,1H3,(H,14,15). The highest BCUT2D eigenvalue weighted by Crippen LogP contribution is 2.11. The minimum absolute atomic E-state index is 0.0134. The molecule has 0 spiro atoms. The molecular formula is C11H17N3O. The molecule has 0 bridgehead atoms. The van der Waals surface area contributed by atoms with Crippen molar-refractivity contribution in [2.75, 3.05) is 13.1 Å². The molecule has 15 heavy (non-hydrogen) atoms. The Morgan fingerprint density at radius 1 is 1.60 bits per heavy atom. The summed E-state index contributed by atoms with van der Waals surface area (Å²) in [6, 6.07) is 3.86. The van der Waals surface area contributed by atoms with E-state index in [0.29, 0.717) is 11.6 Å². The van der Waals surface area contributed by atoms with Crippen LogP contribution in [0, 0.1) is 5.92 Å². The Balaban J connectivity index is 1.93. The van der Waals surface area contributed by atoms with Crippen molar-refractivity contribution < 1.29 is 4.79 Å². The van der Waals surface area contributed by atoms with Crippen molar-refractivity contribution in [2.24, 2.45) is 5.92 Å². The van der Waals surface area contributed by atoms with Crippen LogP contribution in [0.4, 0.5) is 0 Å². The Labute approximate surface area is 89.5 Å². The smallest absolute Gasteiger partial charge is 0.267 e. The van der Waals surface area contributed by atoms with Crippen molar-refractivity contribution >= 4 is 5.91 Å². The van der Waals surface area contributed by atoms with Crippen LogP contribution in [0.2, 0.25) is 0 Å². The zero-order chi connectivity index (χ0) is 10.7. The minimum atomic E-state index is -0.0134. The van der Waals surface area contributed by atoms with E-state index >= 15 is 0 Å². The van der Waals surface area contributed by atoms with Gasteiger partial charge < -0.3 is 15.6 Å². The molecule has 2 rings (SSSR count). The Morgan fingerprint density at radius 2 is 2.47 bits per heavy atom. The van der Waals surface area contributed by atoms with Crippen LogP contribution in [0.1, 0.15) is 23.8 Å². The molecule has 4 nitrogen and oxygen atoms in total. The fourth-order valence-electron chi connectivity index (χ4n) is 1.90. The van der Waals surface area contributed by atoms with Gasteiger partial charge in [0.25, 0.3) is 5.91 Å². The number of carbonyl (C=O) groups excluding carboxylic acids is 1. The Bertz CT molecular complexity index is 321. The van der Waals surface area contributed by atoms with Crippen LogP contribution in [0.25, 0.3) is 0 Å². The highest BCUT2D eigenvalue weighted by Gasteiger charge is 2.22. The Kier molecular flexibility index (Phi) is 3.06. The number of hydrogen-bond acceptors (Lipinski definition) is 2. The molecule has 1 amide bonds. The summed E-state index contributed by atoms with van der Waals surface area (Å²) in [5.41, 5.74) is 0.632. The minimum Gasteiger partial charge on any atom is -0.357 e. The first-order valence-corrected chi connectivity index (χ1v) is 5.42. The molecule has 1 saturated heterocycles. The predicted molar refractivity (Wildman–Crippen MR) is 58.7 cm³/mol. The van der Waals surface area contributed by atoms with E-state index in [1.54, 1.807) is 12.3 Å². The molecule has 0 aliphatic carbocycles. The Morgan fingerprint density at radius 3 is 3.13 bits per heavy atom. The molecule has 0 radical (unpaired) electrons. The van der Waals surface area contributed by atoms with Gasteiger partial charge in [0.1, 0.15) is 5.69 Å². The number of aromatic nitrogens is 1. The van der Waals surface area contributed by atoms with Gasteiger partial charge in [0.15, 0.2) is 0 Å². The van der Waals surface area contributed by atoms with Crippen LogP contribution in [0.3, 0.4) is 0 Å². The highest BCUT2D eigenvalue weighted by molar-refractivity contribution is 5.92. The van der Waals surface area contributed by atoms with Gasteiger partial charge in [-0.3, -0.25) is 4.79 Å². The lowest BCUT2D eigenvalue weighted by atomic mass is 9.95. The highest BCUT2D eigenvalue weighted by atomic mass is 16.1. The topological polar surface area (TPSA) is 56.9 Å². The van der Waals surface area contributed by atoms with Gasteiger partial charge in [0.2, 0.25) is 0 Å². The van der Waals surface area contributed by atoms with E-state index in [2.05, 4.69) is 22.5 Å². The van der Waals surface area contributed by atoms with E-state index in [1.165, 1.54) is 0 Å². The van der Waals surface area contributed by atoms with E-state index in [4.69, 9.17) is 0 Å². The van der Waals surface area contributed by atoms with E-state index in [1.807, 2.05) is 6.07 Å². The SMILES string of the molecule is CC1CCNCC1NC(=O)c1ccc[nH]1. The molecule has 0 saturated carbocycles. The first-order chi connectivity index (χ1) is 7.27. The van der Waals surface area contributed by atoms with Crippen molar-refractivity contribution in [2.45, 2.75) is 19.4 Å². The maximum Gasteiger partial charge on any atom is 0.267 e. The van der Waals surface area contributed by atoms with E-state index < -0.39 is 0 Å². The molecule has 1 aliphatic heterocycles. The summed E-state index contributed by atoms with van der Waals surface area (Å²) >= 11 is 0. The third kappa shape index (κ3) is 2.39. The molecular weight excluding hydrogens is 190 g/mol. The van der Waals surface area contributed by atoms with Gasteiger partial charge in [-0.05, 0) is 31.0 Å². The summed E-state index contributed by atoms with van der Waals surface area (Å²) < 4.78 is 0. The quantitative estimate of drug-likeness (QED) is 0.670. The number of nitrogens with one attached hydrogen (secondary N) is 3. The van der Waals surface area contributed by atoms with Crippen molar-refractivity contribution in [3.63, 3.8) is 0 Å². The molecule has 0 aromatic carbocycles. The first kappa shape index (κ1) is 10.2.